The number of piperidine rings is 1. The SMILES string of the molecule is CC(C)(Cc1nc2cc(OCc3ccc4ccccc4n3)ccc2n1Cc1ccc(N2CCCC(F)(F)C2)cc1)C(=O)O. The summed E-state index contributed by atoms with van der Waals surface area (Å²) < 4.78 is 36.0. The second-order valence-electron chi connectivity index (χ2n) is 12.0. The fourth-order valence-corrected chi connectivity index (χ4v) is 5.56. The van der Waals surface area contributed by atoms with Gasteiger partial charge in [-0.05, 0) is 62.2 Å². The first-order valence-corrected chi connectivity index (χ1v) is 14.5. The number of rotatable bonds is 9. The number of benzene rings is 3. The van der Waals surface area contributed by atoms with Crippen LogP contribution in [0.25, 0.3) is 21.9 Å². The van der Waals surface area contributed by atoms with Crippen molar-refractivity contribution in [2.75, 3.05) is 18.0 Å². The van der Waals surface area contributed by atoms with E-state index in [0.29, 0.717) is 43.2 Å². The van der Waals surface area contributed by atoms with Crippen molar-refractivity contribution in [1.29, 1.82) is 0 Å². The van der Waals surface area contributed by atoms with Crippen LogP contribution in [0, 0.1) is 5.41 Å². The molecule has 0 spiro atoms. The van der Waals surface area contributed by atoms with Gasteiger partial charge in [0.05, 0.1) is 34.2 Å². The smallest absolute Gasteiger partial charge is 0.309 e. The summed E-state index contributed by atoms with van der Waals surface area (Å²) in [5, 5.41) is 10.9. The minimum atomic E-state index is -2.67. The zero-order valence-corrected chi connectivity index (χ0v) is 24.3. The highest BCUT2D eigenvalue weighted by Gasteiger charge is 2.35. The van der Waals surface area contributed by atoms with Gasteiger partial charge in [0.25, 0.3) is 5.92 Å². The number of pyridine rings is 1. The van der Waals surface area contributed by atoms with Gasteiger partial charge >= 0.3 is 5.97 Å². The number of halogens is 2. The molecule has 1 fully saturated rings. The molecule has 0 saturated carbocycles. The van der Waals surface area contributed by atoms with E-state index in [1.165, 1.54) is 0 Å². The number of nitrogens with zero attached hydrogens (tertiary/aromatic N) is 4. The summed E-state index contributed by atoms with van der Waals surface area (Å²) in [5.41, 5.74) is 3.98. The number of ether oxygens (including phenoxy) is 1. The Morgan fingerprint density at radius 3 is 2.56 bits per heavy atom. The number of carboxylic acid groups (broad SMARTS) is 1. The molecule has 43 heavy (non-hydrogen) atoms. The van der Waals surface area contributed by atoms with E-state index in [9.17, 15) is 18.7 Å². The lowest BCUT2D eigenvalue weighted by Gasteiger charge is -2.34. The van der Waals surface area contributed by atoms with Crippen LogP contribution in [0.2, 0.25) is 0 Å². The summed E-state index contributed by atoms with van der Waals surface area (Å²) in [4.78, 5) is 23.2. The molecule has 1 N–H and O–H groups in total. The van der Waals surface area contributed by atoms with E-state index in [1.807, 2.05) is 83.4 Å². The highest BCUT2D eigenvalue weighted by atomic mass is 19.3. The number of aliphatic carboxylic acids is 1. The van der Waals surface area contributed by atoms with E-state index in [-0.39, 0.29) is 19.4 Å². The Labute approximate surface area is 248 Å². The van der Waals surface area contributed by atoms with E-state index in [4.69, 9.17) is 9.72 Å². The molecule has 0 radical (unpaired) electrons. The summed E-state index contributed by atoms with van der Waals surface area (Å²) in [7, 11) is 0. The molecule has 9 heteroatoms. The lowest BCUT2D eigenvalue weighted by Crippen LogP contribution is -2.42. The number of carboxylic acids is 1. The van der Waals surface area contributed by atoms with Crippen LogP contribution in [0.15, 0.2) is 78.9 Å². The zero-order chi connectivity index (χ0) is 30.2. The summed E-state index contributed by atoms with van der Waals surface area (Å²) in [6.07, 6.45) is 0.621. The molecule has 1 saturated heterocycles. The third-order valence-electron chi connectivity index (χ3n) is 8.06. The maximum Gasteiger partial charge on any atom is 0.309 e. The molecular weight excluding hydrogens is 550 g/mol. The van der Waals surface area contributed by atoms with Crippen molar-refractivity contribution < 1.29 is 23.4 Å². The van der Waals surface area contributed by atoms with Crippen molar-refractivity contribution in [2.45, 2.75) is 52.2 Å². The van der Waals surface area contributed by atoms with Crippen LogP contribution >= 0.6 is 0 Å². The maximum atomic E-state index is 14.0. The standard InChI is InChI=1S/C34H34F2N4O3/c1-33(2,32(41)42)19-31-38-29-18-27(43-21-25-11-10-24-6-3-4-7-28(24)37-25)14-15-30(29)40(31)20-23-8-12-26(13-9-23)39-17-5-16-34(35,36)22-39/h3-4,6-15,18H,5,16-17,19-22H2,1-2H3,(H,41,42). The normalized spacial score (nSPS) is 15.2. The molecule has 0 bridgehead atoms. The molecule has 3 heterocycles. The predicted molar refractivity (Wildman–Crippen MR) is 163 cm³/mol. The fraction of sp³-hybridized carbons (Fsp3) is 0.324. The molecular formula is C34H34F2N4O3. The number of aromatic nitrogens is 3. The van der Waals surface area contributed by atoms with Gasteiger partial charge in [-0.15, -0.1) is 0 Å². The second kappa shape index (κ2) is 11.3. The Balaban J connectivity index is 1.25. The third kappa shape index (κ3) is 6.30. The summed E-state index contributed by atoms with van der Waals surface area (Å²) >= 11 is 0. The lowest BCUT2D eigenvalue weighted by atomic mass is 9.89. The van der Waals surface area contributed by atoms with E-state index in [2.05, 4.69) is 4.98 Å². The van der Waals surface area contributed by atoms with Gasteiger partial charge in [0.1, 0.15) is 18.2 Å². The number of para-hydroxylation sites is 1. The van der Waals surface area contributed by atoms with E-state index >= 15 is 0 Å². The summed E-state index contributed by atoms with van der Waals surface area (Å²) in [6.45, 7) is 4.47. The monoisotopic (exact) mass is 584 g/mol. The predicted octanol–water partition coefficient (Wildman–Crippen LogP) is 7.10. The molecule has 2 aromatic heterocycles. The number of fused-ring (bicyclic) bond motifs is 2. The molecule has 0 amide bonds. The molecule has 3 aromatic carbocycles. The van der Waals surface area contributed by atoms with Crippen molar-refractivity contribution >= 4 is 33.6 Å². The molecule has 7 nitrogen and oxygen atoms in total. The minimum absolute atomic E-state index is 0.0716. The minimum Gasteiger partial charge on any atom is -0.487 e. The molecule has 0 unspecified atom stereocenters. The number of anilines is 1. The number of hydrogen-bond acceptors (Lipinski definition) is 5. The van der Waals surface area contributed by atoms with Gasteiger partial charge in [-0.3, -0.25) is 4.79 Å². The van der Waals surface area contributed by atoms with Gasteiger partial charge in [-0.1, -0.05) is 36.4 Å². The average Bonchev–Trinajstić information content (AvgIpc) is 3.30. The number of hydrogen-bond donors (Lipinski definition) is 1. The van der Waals surface area contributed by atoms with Gasteiger partial charge in [0.15, 0.2) is 0 Å². The Kier molecular flexibility index (Phi) is 7.50. The largest absolute Gasteiger partial charge is 0.487 e. The summed E-state index contributed by atoms with van der Waals surface area (Å²) in [5.74, 6) is -2.29. The van der Waals surface area contributed by atoms with Gasteiger partial charge < -0.3 is 19.3 Å². The van der Waals surface area contributed by atoms with Crippen LogP contribution in [0.3, 0.4) is 0 Å². The Morgan fingerprint density at radius 2 is 1.79 bits per heavy atom. The van der Waals surface area contributed by atoms with Crippen LogP contribution in [-0.2, 0) is 24.4 Å². The topological polar surface area (TPSA) is 80.5 Å². The molecule has 5 aromatic rings. The first-order valence-electron chi connectivity index (χ1n) is 14.5. The summed E-state index contributed by atoms with van der Waals surface area (Å²) in [6, 6.07) is 25.2. The Morgan fingerprint density at radius 1 is 1.00 bits per heavy atom. The number of imidazole rings is 1. The average molecular weight is 585 g/mol. The van der Waals surface area contributed by atoms with Crippen molar-refractivity contribution in [3.8, 4) is 5.75 Å². The van der Waals surface area contributed by atoms with Crippen molar-refractivity contribution in [1.82, 2.24) is 14.5 Å². The van der Waals surface area contributed by atoms with E-state index < -0.39 is 17.3 Å². The Bertz CT molecular complexity index is 1780. The quantitative estimate of drug-likeness (QED) is 0.199. The molecule has 222 valence electrons. The number of carbonyl (C=O) groups is 1. The maximum absolute atomic E-state index is 14.0. The van der Waals surface area contributed by atoms with Gasteiger partial charge in [-0.25, -0.2) is 18.7 Å². The van der Waals surface area contributed by atoms with Crippen LogP contribution in [0.4, 0.5) is 14.5 Å². The third-order valence-corrected chi connectivity index (χ3v) is 8.06. The van der Waals surface area contributed by atoms with Gasteiger partial charge in [0.2, 0.25) is 0 Å². The first kappa shape index (κ1) is 28.6. The fourth-order valence-electron chi connectivity index (χ4n) is 5.56. The van der Waals surface area contributed by atoms with Gasteiger partial charge in [-0.2, -0.15) is 0 Å². The van der Waals surface area contributed by atoms with Crippen LogP contribution in [0.5, 0.6) is 5.75 Å². The molecule has 0 atom stereocenters. The molecule has 6 rings (SSSR count). The van der Waals surface area contributed by atoms with E-state index in [0.717, 1.165) is 33.4 Å². The van der Waals surface area contributed by atoms with Crippen molar-refractivity contribution in [3.05, 3.63) is 95.9 Å². The van der Waals surface area contributed by atoms with Crippen molar-refractivity contribution in [2.24, 2.45) is 5.41 Å². The molecule has 0 aliphatic carbocycles. The lowest BCUT2D eigenvalue weighted by molar-refractivity contribution is -0.146. The van der Waals surface area contributed by atoms with Crippen LogP contribution in [0.1, 0.15) is 43.8 Å². The molecule has 1 aliphatic rings. The highest BCUT2D eigenvalue weighted by molar-refractivity contribution is 5.79. The van der Waals surface area contributed by atoms with E-state index in [1.54, 1.807) is 18.7 Å². The van der Waals surface area contributed by atoms with Crippen LogP contribution < -0.4 is 9.64 Å². The van der Waals surface area contributed by atoms with Crippen molar-refractivity contribution in [3.63, 3.8) is 0 Å². The van der Waals surface area contributed by atoms with Gasteiger partial charge in [0, 0.05) is 43.1 Å². The highest BCUT2D eigenvalue weighted by Crippen LogP contribution is 2.31. The second-order valence-corrected chi connectivity index (χ2v) is 12.0. The zero-order valence-electron chi connectivity index (χ0n) is 24.3. The number of alkyl halides is 2. The Hall–Kier alpha value is -4.53. The molecule has 1 aliphatic heterocycles. The first-order chi connectivity index (χ1) is 20.6. The van der Waals surface area contributed by atoms with Crippen LogP contribution in [-0.4, -0.2) is 44.6 Å².